The number of nitrogens with one attached hydrogen (secondary N) is 2. The molecule has 1 aromatic heterocycles. The number of pyridine rings is 1. The van der Waals surface area contributed by atoms with Crippen LogP contribution in [0.5, 0.6) is 34.5 Å². The fourth-order valence-corrected chi connectivity index (χ4v) is 3.86. The number of rotatable bonds is 6. The molecule has 4 aromatic rings. The van der Waals surface area contributed by atoms with Gasteiger partial charge in [-0.3, -0.25) is 15.1 Å². The minimum Gasteiger partial charge on any atom is -0.493 e. The highest BCUT2D eigenvalue weighted by molar-refractivity contribution is 7.80. The van der Waals surface area contributed by atoms with E-state index in [0.717, 1.165) is 5.39 Å². The average Bonchev–Trinajstić information content (AvgIpc) is 3.37. The molecule has 5 rings (SSSR count). The van der Waals surface area contributed by atoms with Gasteiger partial charge in [-0.15, -0.1) is 0 Å². The number of fused-ring (bicyclic) bond motifs is 2. The highest BCUT2D eigenvalue weighted by Gasteiger charge is 2.17. The molecule has 10 heteroatoms. The number of hydrogen-bond donors (Lipinski definition) is 2. The zero-order valence-electron chi connectivity index (χ0n) is 19.4. The standard InChI is InChI=1S/C26H21N3O6S/c1-31-22-12-18-19(13-23(22)32-2)27-10-9-20(18)35-17-6-4-16(5-7-17)28-26(36)29-25(30)15-3-8-21-24(11-15)34-14-33-21/h3-13H,14H2,1-2H3,(H2,28,29,30,36). The van der Waals surface area contributed by atoms with Crippen LogP contribution in [0.25, 0.3) is 10.9 Å². The van der Waals surface area contributed by atoms with Crippen molar-refractivity contribution in [1.82, 2.24) is 10.3 Å². The van der Waals surface area contributed by atoms with Crippen LogP contribution in [0, 0.1) is 0 Å². The first-order chi connectivity index (χ1) is 17.5. The van der Waals surface area contributed by atoms with E-state index in [1.54, 1.807) is 75.0 Å². The summed E-state index contributed by atoms with van der Waals surface area (Å²) in [5.41, 5.74) is 1.81. The van der Waals surface area contributed by atoms with Crippen molar-refractivity contribution in [2.45, 2.75) is 0 Å². The van der Waals surface area contributed by atoms with Crippen molar-refractivity contribution in [2.75, 3.05) is 26.3 Å². The monoisotopic (exact) mass is 503 g/mol. The number of carbonyl (C=O) groups excluding carboxylic acids is 1. The Balaban J connectivity index is 1.24. The summed E-state index contributed by atoms with van der Waals surface area (Å²) in [6, 6.07) is 17.5. The number of aromatic nitrogens is 1. The topological polar surface area (TPSA) is 100 Å². The Morgan fingerprint density at radius 2 is 1.67 bits per heavy atom. The molecular formula is C26H21N3O6S. The van der Waals surface area contributed by atoms with Crippen molar-refractivity contribution in [2.24, 2.45) is 0 Å². The molecule has 3 aromatic carbocycles. The lowest BCUT2D eigenvalue weighted by molar-refractivity contribution is 0.0977. The molecule has 2 N–H and O–H groups in total. The largest absolute Gasteiger partial charge is 0.493 e. The van der Waals surface area contributed by atoms with Crippen molar-refractivity contribution in [3.63, 3.8) is 0 Å². The lowest BCUT2D eigenvalue weighted by atomic mass is 10.2. The van der Waals surface area contributed by atoms with Gasteiger partial charge in [0.05, 0.1) is 19.7 Å². The predicted molar refractivity (Wildman–Crippen MR) is 138 cm³/mol. The third-order valence-corrected chi connectivity index (χ3v) is 5.61. The van der Waals surface area contributed by atoms with E-state index in [0.29, 0.717) is 51.3 Å². The van der Waals surface area contributed by atoms with Gasteiger partial charge < -0.3 is 29.0 Å². The normalized spacial score (nSPS) is 11.6. The van der Waals surface area contributed by atoms with E-state index in [-0.39, 0.29) is 17.8 Å². The molecule has 0 atom stereocenters. The van der Waals surface area contributed by atoms with Gasteiger partial charge in [-0.25, -0.2) is 0 Å². The summed E-state index contributed by atoms with van der Waals surface area (Å²) in [5, 5.41) is 6.59. The van der Waals surface area contributed by atoms with Crippen molar-refractivity contribution in [1.29, 1.82) is 0 Å². The number of anilines is 1. The Labute approximate surface area is 211 Å². The van der Waals surface area contributed by atoms with Crippen LogP contribution in [0.2, 0.25) is 0 Å². The van der Waals surface area contributed by atoms with E-state index >= 15 is 0 Å². The van der Waals surface area contributed by atoms with Crippen molar-refractivity contribution in [3.8, 4) is 34.5 Å². The summed E-state index contributed by atoms with van der Waals surface area (Å²) < 4.78 is 27.4. The molecule has 1 amide bonds. The minimum absolute atomic E-state index is 0.139. The summed E-state index contributed by atoms with van der Waals surface area (Å²) in [7, 11) is 3.16. The summed E-state index contributed by atoms with van der Waals surface area (Å²) in [4.78, 5) is 16.9. The second-order valence-electron chi connectivity index (χ2n) is 7.64. The van der Waals surface area contributed by atoms with Crippen molar-refractivity contribution >= 4 is 39.8 Å². The Hall–Kier alpha value is -4.57. The summed E-state index contributed by atoms with van der Waals surface area (Å²) >= 11 is 5.29. The maximum atomic E-state index is 12.5. The smallest absolute Gasteiger partial charge is 0.257 e. The number of nitrogens with zero attached hydrogens (tertiary/aromatic N) is 1. The van der Waals surface area contributed by atoms with E-state index < -0.39 is 0 Å². The zero-order valence-corrected chi connectivity index (χ0v) is 20.2. The molecule has 9 nitrogen and oxygen atoms in total. The van der Waals surface area contributed by atoms with Gasteiger partial charge in [-0.2, -0.15) is 0 Å². The van der Waals surface area contributed by atoms with Crippen LogP contribution in [-0.2, 0) is 0 Å². The molecule has 0 radical (unpaired) electrons. The number of amides is 1. The SMILES string of the molecule is COc1cc2nccc(Oc3ccc(NC(=S)NC(=O)c4ccc5c(c4)OCO5)cc3)c2cc1OC. The fourth-order valence-electron chi connectivity index (χ4n) is 3.65. The maximum absolute atomic E-state index is 12.5. The number of carbonyl (C=O) groups is 1. The Morgan fingerprint density at radius 3 is 2.44 bits per heavy atom. The molecule has 0 fully saturated rings. The molecule has 0 spiro atoms. The van der Waals surface area contributed by atoms with Crippen molar-refractivity contribution in [3.05, 3.63) is 72.4 Å². The molecule has 0 saturated heterocycles. The number of methoxy groups -OCH3 is 2. The fraction of sp³-hybridized carbons (Fsp3) is 0.115. The first-order valence-corrected chi connectivity index (χ1v) is 11.3. The molecule has 0 unspecified atom stereocenters. The van der Waals surface area contributed by atoms with Gasteiger partial charge in [0.25, 0.3) is 5.91 Å². The molecule has 0 aliphatic carbocycles. The van der Waals surface area contributed by atoms with E-state index in [2.05, 4.69) is 15.6 Å². The van der Waals surface area contributed by atoms with Gasteiger partial charge in [0.1, 0.15) is 11.5 Å². The van der Waals surface area contributed by atoms with Crippen LogP contribution in [-0.4, -0.2) is 37.0 Å². The van der Waals surface area contributed by atoms with E-state index in [1.807, 2.05) is 6.07 Å². The molecule has 1 aliphatic rings. The van der Waals surface area contributed by atoms with E-state index in [1.165, 1.54) is 0 Å². The minimum atomic E-state index is -0.359. The molecule has 2 heterocycles. The predicted octanol–water partition coefficient (Wildman–Crippen LogP) is 4.90. The molecule has 0 bridgehead atoms. The van der Waals surface area contributed by atoms with E-state index in [4.69, 9.17) is 35.9 Å². The lowest BCUT2D eigenvalue weighted by Gasteiger charge is -2.13. The molecule has 1 aliphatic heterocycles. The first-order valence-electron chi connectivity index (χ1n) is 10.8. The first kappa shape index (κ1) is 23.2. The molecule has 36 heavy (non-hydrogen) atoms. The summed E-state index contributed by atoms with van der Waals surface area (Å²) in [6.07, 6.45) is 1.67. The van der Waals surface area contributed by atoms with Crippen LogP contribution in [0.1, 0.15) is 10.4 Å². The van der Waals surface area contributed by atoms with Crippen LogP contribution < -0.4 is 34.3 Å². The third-order valence-electron chi connectivity index (χ3n) is 5.41. The lowest BCUT2D eigenvalue weighted by Crippen LogP contribution is -2.34. The second kappa shape index (κ2) is 9.96. The van der Waals surface area contributed by atoms with Gasteiger partial charge in [-0.1, -0.05) is 0 Å². The maximum Gasteiger partial charge on any atom is 0.257 e. The number of thiocarbonyl (C=S) groups is 1. The van der Waals surface area contributed by atoms with Gasteiger partial charge >= 0.3 is 0 Å². The van der Waals surface area contributed by atoms with E-state index in [9.17, 15) is 4.79 Å². The molecular weight excluding hydrogens is 482 g/mol. The summed E-state index contributed by atoms with van der Waals surface area (Å²) in [6.45, 7) is 0.139. The molecule has 182 valence electrons. The van der Waals surface area contributed by atoms with Crippen molar-refractivity contribution < 1.29 is 28.5 Å². The van der Waals surface area contributed by atoms with Gasteiger partial charge in [0.15, 0.2) is 28.1 Å². The summed E-state index contributed by atoms with van der Waals surface area (Å²) in [5.74, 6) is 3.17. The molecule has 0 saturated carbocycles. The van der Waals surface area contributed by atoms with Crippen LogP contribution in [0.3, 0.4) is 0 Å². The van der Waals surface area contributed by atoms with Gasteiger partial charge in [0.2, 0.25) is 6.79 Å². The number of hydrogen-bond acceptors (Lipinski definition) is 8. The van der Waals surface area contributed by atoms with Crippen LogP contribution in [0.15, 0.2) is 66.9 Å². The highest BCUT2D eigenvalue weighted by Crippen LogP contribution is 2.37. The van der Waals surface area contributed by atoms with Gasteiger partial charge in [-0.05, 0) is 66.8 Å². The van der Waals surface area contributed by atoms with Crippen LogP contribution in [0.4, 0.5) is 5.69 Å². The zero-order chi connectivity index (χ0) is 25.1. The number of benzene rings is 3. The van der Waals surface area contributed by atoms with Crippen LogP contribution >= 0.6 is 12.2 Å². The third kappa shape index (κ3) is 4.80. The average molecular weight is 504 g/mol. The van der Waals surface area contributed by atoms with Gasteiger partial charge in [0, 0.05) is 28.9 Å². The Bertz CT molecular complexity index is 1460. The number of ether oxygens (including phenoxy) is 5. The quantitative estimate of drug-likeness (QED) is 0.356. The Kier molecular flexibility index (Phi) is 6.42. The second-order valence-corrected chi connectivity index (χ2v) is 8.04. The Morgan fingerprint density at radius 1 is 0.917 bits per heavy atom. The highest BCUT2D eigenvalue weighted by atomic mass is 32.1.